The van der Waals surface area contributed by atoms with Crippen molar-refractivity contribution in [1.82, 2.24) is 5.32 Å². The van der Waals surface area contributed by atoms with Gasteiger partial charge in [0.2, 0.25) is 5.91 Å². The number of hydrogen-bond donors (Lipinski definition) is 1. The van der Waals surface area contributed by atoms with Crippen LogP contribution >= 0.6 is 0 Å². The minimum atomic E-state index is -0.298. The van der Waals surface area contributed by atoms with E-state index in [1.165, 1.54) is 31.4 Å². The molecule has 4 nitrogen and oxygen atoms in total. The van der Waals surface area contributed by atoms with Gasteiger partial charge in [-0.25, -0.2) is 4.39 Å². The quantitative estimate of drug-likeness (QED) is 0.606. The van der Waals surface area contributed by atoms with Crippen molar-refractivity contribution in [3.05, 3.63) is 29.6 Å². The average Bonchev–Trinajstić information content (AvgIpc) is 3.32. The van der Waals surface area contributed by atoms with E-state index in [1.807, 2.05) is 13.8 Å². The molecule has 2 aliphatic rings. The molecule has 3 atom stereocenters. The van der Waals surface area contributed by atoms with Crippen molar-refractivity contribution in [3.63, 3.8) is 0 Å². The van der Waals surface area contributed by atoms with E-state index < -0.39 is 0 Å². The summed E-state index contributed by atoms with van der Waals surface area (Å²) in [5.41, 5.74) is 0.990. The highest BCUT2D eigenvalue weighted by atomic mass is 19.1. The highest BCUT2D eigenvalue weighted by Gasteiger charge is 2.42. The summed E-state index contributed by atoms with van der Waals surface area (Å²) < 4.78 is 24.6. The SMILES string of the molecule is CC.CC(C)c1ccc(F)cc1OCCOCCNC(=O)C1CC2CCC1C2. The molecule has 1 aromatic carbocycles. The Morgan fingerprint density at radius 1 is 1.18 bits per heavy atom. The lowest BCUT2D eigenvalue weighted by Gasteiger charge is -2.20. The fourth-order valence-corrected chi connectivity index (χ4v) is 4.37. The number of rotatable bonds is 9. The lowest BCUT2D eigenvalue weighted by atomic mass is 9.88. The Labute approximate surface area is 169 Å². The summed E-state index contributed by atoms with van der Waals surface area (Å²) in [7, 11) is 0. The first-order valence-electron chi connectivity index (χ1n) is 10.8. The fourth-order valence-electron chi connectivity index (χ4n) is 4.37. The zero-order valence-electron chi connectivity index (χ0n) is 17.8. The summed E-state index contributed by atoms with van der Waals surface area (Å²) in [6, 6.07) is 4.64. The first kappa shape index (κ1) is 22.7. The molecule has 2 bridgehead atoms. The van der Waals surface area contributed by atoms with Crippen LogP contribution in [0.2, 0.25) is 0 Å². The molecule has 3 rings (SSSR count). The molecule has 0 spiro atoms. The van der Waals surface area contributed by atoms with Crippen molar-refractivity contribution in [2.45, 2.75) is 59.3 Å². The maximum absolute atomic E-state index is 13.4. The molecule has 158 valence electrons. The van der Waals surface area contributed by atoms with E-state index in [-0.39, 0.29) is 23.6 Å². The van der Waals surface area contributed by atoms with Crippen LogP contribution in [0.1, 0.15) is 64.9 Å². The van der Waals surface area contributed by atoms with E-state index in [0.717, 1.165) is 17.9 Å². The predicted octanol–water partition coefficient (Wildman–Crippen LogP) is 4.92. The van der Waals surface area contributed by atoms with Crippen molar-refractivity contribution < 1.29 is 18.7 Å². The third-order valence-electron chi connectivity index (χ3n) is 5.70. The van der Waals surface area contributed by atoms with Crippen LogP contribution in [0.4, 0.5) is 4.39 Å². The molecule has 0 radical (unpaired) electrons. The smallest absolute Gasteiger partial charge is 0.223 e. The number of benzene rings is 1. The third kappa shape index (κ3) is 6.20. The maximum Gasteiger partial charge on any atom is 0.223 e. The van der Waals surface area contributed by atoms with Crippen molar-refractivity contribution in [1.29, 1.82) is 0 Å². The number of hydrogen-bond acceptors (Lipinski definition) is 3. The third-order valence-corrected chi connectivity index (χ3v) is 5.70. The second kappa shape index (κ2) is 11.4. The van der Waals surface area contributed by atoms with Gasteiger partial charge < -0.3 is 14.8 Å². The Kier molecular flexibility index (Phi) is 9.23. The fraction of sp³-hybridized carbons (Fsp3) is 0.696. The van der Waals surface area contributed by atoms with Crippen LogP contribution in [0.5, 0.6) is 5.75 Å². The molecule has 0 saturated heterocycles. The van der Waals surface area contributed by atoms with E-state index in [1.54, 1.807) is 6.07 Å². The number of amides is 1. The maximum atomic E-state index is 13.4. The van der Waals surface area contributed by atoms with Gasteiger partial charge in [-0.05, 0) is 48.6 Å². The Bertz CT molecular complexity index is 620. The normalized spacial score (nSPS) is 22.7. The van der Waals surface area contributed by atoms with E-state index in [0.29, 0.717) is 38.0 Å². The van der Waals surface area contributed by atoms with Gasteiger partial charge in [-0.3, -0.25) is 4.79 Å². The summed E-state index contributed by atoms with van der Waals surface area (Å²) in [6.07, 6.45) is 4.83. The lowest BCUT2D eigenvalue weighted by molar-refractivity contribution is -0.126. The number of carbonyl (C=O) groups excluding carboxylic acids is 1. The van der Waals surface area contributed by atoms with Crippen molar-refractivity contribution in [2.75, 3.05) is 26.4 Å². The van der Waals surface area contributed by atoms with Crippen molar-refractivity contribution in [2.24, 2.45) is 17.8 Å². The van der Waals surface area contributed by atoms with E-state index in [4.69, 9.17) is 9.47 Å². The van der Waals surface area contributed by atoms with Crippen LogP contribution < -0.4 is 10.1 Å². The molecule has 3 unspecified atom stereocenters. The molecule has 2 saturated carbocycles. The van der Waals surface area contributed by atoms with Gasteiger partial charge in [0.25, 0.3) is 0 Å². The molecule has 2 aliphatic carbocycles. The summed E-state index contributed by atoms with van der Waals surface area (Å²) in [4.78, 5) is 12.2. The summed E-state index contributed by atoms with van der Waals surface area (Å²) in [5.74, 6) is 2.35. The summed E-state index contributed by atoms with van der Waals surface area (Å²) >= 11 is 0. The van der Waals surface area contributed by atoms with Crippen molar-refractivity contribution in [3.8, 4) is 5.75 Å². The zero-order valence-corrected chi connectivity index (χ0v) is 17.8. The topological polar surface area (TPSA) is 47.6 Å². The van der Waals surface area contributed by atoms with Gasteiger partial charge in [-0.1, -0.05) is 40.2 Å². The Morgan fingerprint density at radius 2 is 1.96 bits per heavy atom. The van der Waals surface area contributed by atoms with E-state index in [2.05, 4.69) is 19.2 Å². The summed E-state index contributed by atoms with van der Waals surface area (Å²) in [5, 5.41) is 3.00. The van der Waals surface area contributed by atoms with Crippen LogP contribution in [0, 0.1) is 23.6 Å². The molecule has 0 aromatic heterocycles. The van der Waals surface area contributed by atoms with Crippen LogP contribution in [0.25, 0.3) is 0 Å². The van der Waals surface area contributed by atoms with Gasteiger partial charge in [0.1, 0.15) is 18.2 Å². The van der Waals surface area contributed by atoms with Gasteiger partial charge in [0.05, 0.1) is 13.2 Å². The molecular weight excluding hydrogens is 357 g/mol. The molecule has 0 heterocycles. The standard InChI is InChI=1S/C21H30FNO3.C2H6/c1-14(2)18-6-5-17(22)13-20(18)26-10-9-25-8-7-23-21(24)19-12-15-3-4-16(19)11-15;1-2/h5-6,13-16,19H,3-4,7-12H2,1-2H3,(H,23,24);1-2H3. The Hall–Kier alpha value is -1.62. The summed E-state index contributed by atoms with van der Waals surface area (Å²) in [6.45, 7) is 9.88. The number of fused-ring (bicyclic) bond motifs is 2. The monoisotopic (exact) mass is 393 g/mol. The minimum absolute atomic E-state index is 0.193. The lowest BCUT2D eigenvalue weighted by Crippen LogP contribution is -2.35. The van der Waals surface area contributed by atoms with Crippen LogP contribution in [-0.4, -0.2) is 32.3 Å². The molecule has 28 heavy (non-hydrogen) atoms. The van der Waals surface area contributed by atoms with Crippen molar-refractivity contribution >= 4 is 5.91 Å². The van der Waals surface area contributed by atoms with Gasteiger partial charge in [0.15, 0.2) is 0 Å². The first-order chi connectivity index (χ1) is 13.5. The average molecular weight is 394 g/mol. The number of halogens is 1. The molecule has 0 aliphatic heterocycles. The number of ether oxygens (including phenoxy) is 2. The Morgan fingerprint density at radius 3 is 2.61 bits per heavy atom. The highest BCUT2D eigenvalue weighted by Crippen LogP contribution is 2.48. The molecule has 1 amide bonds. The zero-order chi connectivity index (χ0) is 20.5. The van der Waals surface area contributed by atoms with Crippen LogP contribution in [0.15, 0.2) is 18.2 Å². The molecule has 1 aromatic rings. The Balaban J connectivity index is 0.00000136. The second-order valence-electron chi connectivity index (χ2n) is 7.87. The van der Waals surface area contributed by atoms with E-state index >= 15 is 0 Å². The van der Waals surface area contributed by atoms with Gasteiger partial charge in [-0.15, -0.1) is 0 Å². The number of carbonyl (C=O) groups is 1. The molecule has 5 heteroatoms. The van der Waals surface area contributed by atoms with E-state index in [9.17, 15) is 9.18 Å². The highest BCUT2D eigenvalue weighted by molar-refractivity contribution is 5.79. The molecule has 2 fully saturated rings. The van der Waals surface area contributed by atoms with Gasteiger partial charge >= 0.3 is 0 Å². The molecule has 1 N–H and O–H groups in total. The van der Waals surface area contributed by atoms with Gasteiger partial charge in [0, 0.05) is 18.5 Å². The largest absolute Gasteiger partial charge is 0.491 e. The van der Waals surface area contributed by atoms with Crippen LogP contribution in [-0.2, 0) is 9.53 Å². The number of nitrogens with one attached hydrogen (secondary N) is 1. The molecular formula is C23H36FNO3. The second-order valence-corrected chi connectivity index (χ2v) is 7.87. The van der Waals surface area contributed by atoms with Gasteiger partial charge in [-0.2, -0.15) is 0 Å². The first-order valence-corrected chi connectivity index (χ1v) is 10.8. The minimum Gasteiger partial charge on any atom is -0.491 e. The van der Waals surface area contributed by atoms with Crippen LogP contribution in [0.3, 0.4) is 0 Å². The predicted molar refractivity (Wildman–Crippen MR) is 110 cm³/mol.